The third-order valence-corrected chi connectivity index (χ3v) is 3.37. The van der Waals surface area contributed by atoms with Crippen LogP contribution < -0.4 is 10.1 Å². The molecule has 3 rings (SSSR count). The van der Waals surface area contributed by atoms with Gasteiger partial charge in [0.15, 0.2) is 6.61 Å². The predicted molar refractivity (Wildman–Crippen MR) is 93.1 cm³/mol. The number of aryl methyl sites for hydroxylation is 1. The Morgan fingerprint density at radius 2 is 2.08 bits per heavy atom. The Labute approximate surface area is 149 Å². The van der Waals surface area contributed by atoms with Crippen molar-refractivity contribution in [2.75, 3.05) is 6.61 Å². The van der Waals surface area contributed by atoms with E-state index in [4.69, 9.17) is 9.26 Å². The summed E-state index contributed by atoms with van der Waals surface area (Å²) in [6.45, 7) is 7.07. The first-order valence-corrected chi connectivity index (χ1v) is 8.07. The first-order chi connectivity index (χ1) is 12.2. The highest BCUT2D eigenvalue weighted by molar-refractivity contribution is 5.93. The van der Waals surface area contributed by atoms with Gasteiger partial charge in [-0.3, -0.25) is 4.79 Å². The maximum atomic E-state index is 13.6. The normalized spacial score (nSPS) is 11.6. The molecule has 0 atom stereocenters. The average molecular weight is 358 g/mol. The van der Waals surface area contributed by atoms with Crippen molar-refractivity contribution in [3.8, 4) is 17.1 Å². The third-order valence-electron chi connectivity index (χ3n) is 3.37. The van der Waals surface area contributed by atoms with E-state index in [2.05, 4.69) is 20.4 Å². The van der Waals surface area contributed by atoms with E-state index >= 15 is 0 Å². The zero-order valence-electron chi connectivity index (χ0n) is 15.0. The monoisotopic (exact) mass is 358 g/mol. The van der Waals surface area contributed by atoms with Gasteiger partial charge in [0.2, 0.25) is 5.88 Å². The molecule has 0 aliphatic rings. The molecular formula is C18H19FN4O3. The fourth-order valence-corrected chi connectivity index (χ4v) is 2.45. The number of aromatic nitrogens is 3. The lowest BCUT2D eigenvalue weighted by molar-refractivity contribution is -0.124. The number of rotatable bonds is 4. The Kier molecular flexibility index (Phi) is 4.58. The number of fused-ring (bicyclic) bond motifs is 1. The molecule has 0 radical (unpaired) electrons. The van der Waals surface area contributed by atoms with Gasteiger partial charge in [-0.2, -0.15) is 9.97 Å². The topological polar surface area (TPSA) is 90.1 Å². The quantitative estimate of drug-likeness (QED) is 0.771. The van der Waals surface area contributed by atoms with Crippen molar-refractivity contribution in [2.24, 2.45) is 0 Å². The molecule has 0 bridgehead atoms. The molecule has 1 amide bonds. The third kappa shape index (κ3) is 3.96. The molecule has 1 N–H and O–H groups in total. The number of ether oxygens (including phenoxy) is 1. The highest BCUT2D eigenvalue weighted by Gasteiger charge is 2.21. The van der Waals surface area contributed by atoms with Crippen molar-refractivity contribution in [2.45, 2.75) is 33.2 Å². The summed E-state index contributed by atoms with van der Waals surface area (Å²) in [5.74, 6) is -0.118. The number of nitrogens with one attached hydrogen (secondary N) is 1. The lowest BCUT2D eigenvalue weighted by Crippen LogP contribution is -2.43. The van der Waals surface area contributed by atoms with Gasteiger partial charge in [-0.25, -0.2) is 4.39 Å². The molecule has 2 aromatic heterocycles. The van der Waals surface area contributed by atoms with E-state index < -0.39 is 5.82 Å². The minimum Gasteiger partial charge on any atom is -0.467 e. The number of nitrogens with zero attached hydrogens (tertiary/aromatic N) is 3. The minimum atomic E-state index is -0.404. The largest absolute Gasteiger partial charge is 0.467 e. The highest BCUT2D eigenvalue weighted by atomic mass is 19.1. The van der Waals surface area contributed by atoms with Crippen LogP contribution in [0.2, 0.25) is 0 Å². The Morgan fingerprint density at radius 1 is 1.31 bits per heavy atom. The summed E-state index contributed by atoms with van der Waals surface area (Å²) in [5, 5.41) is 7.17. The van der Waals surface area contributed by atoms with Crippen LogP contribution in [0, 0.1) is 12.7 Å². The fourth-order valence-electron chi connectivity index (χ4n) is 2.45. The SMILES string of the molecule is Cc1nc(OCC(=O)NC(C)(C)C)c2c(-c3cccc(F)c3)noc2n1. The Balaban J connectivity index is 1.97. The second kappa shape index (κ2) is 6.70. The first-order valence-electron chi connectivity index (χ1n) is 8.07. The molecule has 0 aliphatic carbocycles. The van der Waals surface area contributed by atoms with Crippen molar-refractivity contribution >= 4 is 17.0 Å². The molecule has 0 saturated heterocycles. The van der Waals surface area contributed by atoms with Gasteiger partial charge in [-0.05, 0) is 39.8 Å². The first kappa shape index (κ1) is 17.8. The second-order valence-electron chi connectivity index (χ2n) is 6.88. The summed E-state index contributed by atoms with van der Waals surface area (Å²) in [5.41, 5.74) is 0.690. The summed E-state index contributed by atoms with van der Waals surface area (Å²) in [4.78, 5) is 20.4. The molecule has 0 saturated carbocycles. The van der Waals surface area contributed by atoms with Crippen LogP contribution in [0.1, 0.15) is 26.6 Å². The lowest BCUT2D eigenvalue weighted by atomic mass is 10.1. The van der Waals surface area contributed by atoms with Gasteiger partial charge in [-0.15, -0.1) is 0 Å². The van der Waals surface area contributed by atoms with Gasteiger partial charge in [0.25, 0.3) is 11.6 Å². The Hall–Kier alpha value is -3.03. The van der Waals surface area contributed by atoms with E-state index in [1.165, 1.54) is 12.1 Å². The van der Waals surface area contributed by atoms with Gasteiger partial charge >= 0.3 is 0 Å². The number of benzene rings is 1. The molecule has 7 nitrogen and oxygen atoms in total. The molecule has 136 valence electrons. The molecule has 2 heterocycles. The Bertz CT molecular complexity index is 963. The molecule has 1 aromatic carbocycles. The molecule has 0 spiro atoms. The lowest BCUT2D eigenvalue weighted by Gasteiger charge is -2.20. The van der Waals surface area contributed by atoms with Gasteiger partial charge in [-0.1, -0.05) is 17.3 Å². The summed E-state index contributed by atoms with van der Waals surface area (Å²) < 4.78 is 24.4. The van der Waals surface area contributed by atoms with Crippen molar-refractivity contribution in [1.82, 2.24) is 20.4 Å². The standard InChI is InChI=1S/C18H19FN4O3/c1-10-20-16(25-9-13(24)22-18(2,3)4)14-15(23-26-17(14)21-10)11-6-5-7-12(19)8-11/h5-8H,9H2,1-4H3,(H,22,24). The van der Waals surface area contributed by atoms with Crippen molar-refractivity contribution in [3.63, 3.8) is 0 Å². The molecule has 0 aliphatic heterocycles. The molecule has 0 unspecified atom stereocenters. The number of hydrogen-bond donors (Lipinski definition) is 1. The summed E-state index contributed by atoms with van der Waals surface area (Å²) >= 11 is 0. The van der Waals surface area contributed by atoms with E-state index in [0.717, 1.165) is 0 Å². The van der Waals surface area contributed by atoms with Crippen molar-refractivity contribution in [3.05, 3.63) is 35.9 Å². The van der Waals surface area contributed by atoms with Crippen LogP contribution in [-0.2, 0) is 4.79 Å². The van der Waals surface area contributed by atoms with Crippen LogP contribution in [0.15, 0.2) is 28.8 Å². The minimum absolute atomic E-state index is 0.164. The molecular weight excluding hydrogens is 339 g/mol. The Morgan fingerprint density at radius 3 is 2.77 bits per heavy atom. The summed E-state index contributed by atoms with van der Waals surface area (Å²) in [6, 6.07) is 5.92. The van der Waals surface area contributed by atoms with E-state index in [1.807, 2.05) is 20.8 Å². The maximum absolute atomic E-state index is 13.6. The van der Waals surface area contributed by atoms with Gasteiger partial charge < -0.3 is 14.6 Å². The zero-order valence-corrected chi connectivity index (χ0v) is 15.0. The van der Waals surface area contributed by atoms with E-state index in [-0.39, 0.29) is 29.6 Å². The second-order valence-corrected chi connectivity index (χ2v) is 6.88. The molecule has 8 heteroatoms. The van der Waals surface area contributed by atoms with Gasteiger partial charge in [0.05, 0.1) is 0 Å². The smallest absolute Gasteiger partial charge is 0.265 e. The molecule has 26 heavy (non-hydrogen) atoms. The number of hydrogen-bond acceptors (Lipinski definition) is 6. The molecule has 0 fully saturated rings. The highest BCUT2D eigenvalue weighted by Crippen LogP contribution is 2.33. The zero-order chi connectivity index (χ0) is 18.9. The van der Waals surface area contributed by atoms with Crippen LogP contribution in [0.25, 0.3) is 22.4 Å². The van der Waals surface area contributed by atoms with E-state index in [9.17, 15) is 9.18 Å². The maximum Gasteiger partial charge on any atom is 0.265 e. The van der Waals surface area contributed by atoms with Crippen LogP contribution in [0.4, 0.5) is 4.39 Å². The van der Waals surface area contributed by atoms with Crippen LogP contribution in [0.5, 0.6) is 5.88 Å². The average Bonchev–Trinajstić information content (AvgIpc) is 2.94. The number of halogens is 1. The predicted octanol–water partition coefficient (Wildman–Crippen LogP) is 3.03. The van der Waals surface area contributed by atoms with Crippen LogP contribution in [0.3, 0.4) is 0 Å². The van der Waals surface area contributed by atoms with Crippen molar-refractivity contribution in [1.29, 1.82) is 0 Å². The summed E-state index contributed by atoms with van der Waals surface area (Å²) in [6.07, 6.45) is 0. The van der Waals surface area contributed by atoms with Crippen LogP contribution >= 0.6 is 0 Å². The number of carbonyl (C=O) groups is 1. The summed E-state index contributed by atoms with van der Waals surface area (Å²) in [7, 11) is 0. The molecule has 3 aromatic rings. The van der Waals surface area contributed by atoms with E-state index in [0.29, 0.717) is 22.5 Å². The van der Waals surface area contributed by atoms with Crippen LogP contribution in [-0.4, -0.2) is 33.2 Å². The number of amides is 1. The van der Waals surface area contributed by atoms with Crippen molar-refractivity contribution < 1.29 is 18.4 Å². The number of carbonyl (C=O) groups excluding carboxylic acids is 1. The van der Waals surface area contributed by atoms with Gasteiger partial charge in [0.1, 0.15) is 22.7 Å². The van der Waals surface area contributed by atoms with E-state index in [1.54, 1.807) is 19.1 Å². The van der Waals surface area contributed by atoms with Gasteiger partial charge in [0, 0.05) is 11.1 Å². The fraction of sp³-hybridized carbons (Fsp3) is 0.333.